The first-order chi connectivity index (χ1) is 27.8. The zero-order chi connectivity index (χ0) is 36.5. The Labute approximate surface area is 322 Å². The van der Waals surface area contributed by atoms with Crippen LogP contribution in [0, 0.1) is 0 Å². The van der Waals surface area contributed by atoms with E-state index in [0.29, 0.717) is 0 Å². The highest BCUT2D eigenvalue weighted by Crippen LogP contribution is 2.61. The van der Waals surface area contributed by atoms with E-state index in [0.717, 1.165) is 39.4 Å². The van der Waals surface area contributed by atoms with Crippen molar-refractivity contribution < 1.29 is 4.74 Å². The lowest BCUT2D eigenvalue weighted by Gasteiger charge is -2.45. The topological polar surface area (TPSA) is 19.1 Å². The fourth-order valence-corrected chi connectivity index (χ4v) is 10.3. The van der Waals surface area contributed by atoms with Gasteiger partial charge in [0.15, 0.2) is 0 Å². The first-order valence-electron chi connectivity index (χ1n) is 19.4. The third kappa shape index (κ3) is 3.72. The average molecular weight is 713 g/mol. The molecule has 13 rings (SSSR count). The molecule has 2 aromatic heterocycles. The summed E-state index contributed by atoms with van der Waals surface area (Å²) in [6.45, 7) is 0. The Bertz CT molecular complexity index is 3470. The lowest BCUT2D eigenvalue weighted by atomic mass is 9.61. The van der Waals surface area contributed by atoms with Crippen LogP contribution >= 0.6 is 0 Å². The van der Waals surface area contributed by atoms with Crippen LogP contribution in [-0.4, -0.2) is 9.13 Å². The summed E-state index contributed by atoms with van der Waals surface area (Å²) in [7, 11) is 0. The van der Waals surface area contributed by atoms with E-state index in [-0.39, 0.29) is 0 Å². The predicted octanol–water partition coefficient (Wildman–Crippen LogP) is 13.5. The number of hydrogen-bond donors (Lipinski definition) is 0. The quantitative estimate of drug-likeness (QED) is 0.175. The molecule has 2 aliphatic rings. The van der Waals surface area contributed by atoms with Gasteiger partial charge in [-0.1, -0.05) is 146 Å². The molecule has 3 heteroatoms. The molecule has 0 saturated heterocycles. The van der Waals surface area contributed by atoms with Gasteiger partial charge >= 0.3 is 0 Å². The minimum absolute atomic E-state index is 0.614. The second-order valence-electron chi connectivity index (χ2n) is 15.2. The second-order valence-corrected chi connectivity index (χ2v) is 15.2. The Morgan fingerprint density at radius 2 is 1.04 bits per heavy atom. The summed E-state index contributed by atoms with van der Waals surface area (Å²) >= 11 is 0. The number of fused-ring (bicyclic) bond motifs is 15. The number of ether oxygens (including phenoxy) is 1. The summed E-state index contributed by atoms with van der Waals surface area (Å²) in [6, 6.07) is 71.2. The molecule has 0 aliphatic carbocycles. The van der Waals surface area contributed by atoms with Crippen molar-refractivity contribution in [2.75, 3.05) is 0 Å². The van der Waals surface area contributed by atoms with Crippen LogP contribution < -0.4 is 4.74 Å². The van der Waals surface area contributed by atoms with E-state index in [1.165, 1.54) is 71.2 Å². The van der Waals surface area contributed by atoms with E-state index < -0.39 is 5.41 Å². The Morgan fingerprint density at radius 3 is 1.93 bits per heavy atom. The maximum atomic E-state index is 7.15. The fourth-order valence-electron chi connectivity index (χ4n) is 10.3. The van der Waals surface area contributed by atoms with Crippen molar-refractivity contribution in [1.82, 2.24) is 9.13 Å². The van der Waals surface area contributed by atoms with Crippen LogP contribution in [0.5, 0.6) is 11.5 Å². The van der Waals surface area contributed by atoms with E-state index in [1.54, 1.807) is 0 Å². The van der Waals surface area contributed by atoms with Crippen LogP contribution in [0.15, 0.2) is 194 Å². The molecule has 1 unspecified atom stereocenters. The maximum Gasteiger partial charge on any atom is 0.140 e. The fraction of sp³-hybridized carbons (Fsp3) is 0.0189. The Kier molecular flexibility index (Phi) is 5.83. The summed E-state index contributed by atoms with van der Waals surface area (Å²) in [5.74, 6) is 1.79. The van der Waals surface area contributed by atoms with Crippen molar-refractivity contribution in [1.29, 1.82) is 0 Å². The highest BCUT2D eigenvalue weighted by atomic mass is 16.5. The summed E-state index contributed by atoms with van der Waals surface area (Å²) in [4.78, 5) is 0. The van der Waals surface area contributed by atoms with Crippen LogP contribution in [-0.2, 0) is 5.41 Å². The molecular weight excluding hydrogens is 681 g/mol. The van der Waals surface area contributed by atoms with E-state index in [4.69, 9.17) is 4.74 Å². The van der Waals surface area contributed by atoms with Gasteiger partial charge in [0.05, 0.1) is 33.2 Å². The molecule has 0 fully saturated rings. The molecule has 1 atom stereocenters. The van der Waals surface area contributed by atoms with Gasteiger partial charge in [-0.2, -0.15) is 0 Å². The van der Waals surface area contributed by atoms with Gasteiger partial charge in [-0.05, 0) is 76.0 Å². The van der Waals surface area contributed by atoms with E-state index >= 15 is 0 Å². The molecule has 56 heavy (non-hydrogen) atoms. The first-order valence-corrected chi connectivity index (χ1v) is 19.4. The van der Waals surface area contributed by atoms with Gasteiger partial charge in [0, 0.05) is 43.9 Å². The number of aromatic nitrogens is 2. The van der Waals surface area contributed by atoms with Crippen LogP contribution in [0.1, 0.15) is 22.3 Å². The summed E-state index contributed by atoms with van der Waals surface area (Å²) in [6.07, 6.45) is 0. The standard InChI is InChI=1S/C53H32N2O/c1-2-14-34-31-36(29-27-33(34)13-1)54-46-23-7-4-16-39(46)41-32-35(28-30-48(41)54)37-17-11-22-45-52(37)56-50-26-10-6-20-43(50)53(45)42-19-5-9-25-49(42)55-47-24-8-3-15-38(47)40-18-12-21-44(53)51(40)55/h1-32H. The molecule has 2 aliphatic heterocycles. The zero-order valence-electron chi connectivity index (χ0n) is 30.3. The van der Waals surface area contributed by atoms with Crippen LogP contribution in [0.2, 0.25) is 0 Å². The van der Waals surface area contributed by atoms with Gasteiger partial charge in [0.1, 0.15) is 11.5 Å². The maximum absolute atomic E-state index is 7.15. The van der Waals surface area contributed by atoms with Crippen molar-refractivity contribution in [3.05, 3.63) is 216 Å². The highest BCUT2D eigenvalue weighted by molar-refractivity contribution is 6.13. The molecule has 0 bridgehead atoms. The molecule has 0 N–H and O–H groups in total. The molecule has 0 amide bonds. The normalized spacial score (nSPS) is 15.4. The van der Waals surface area contributed by atoms with Crippen molar-refractivity contribution in [3.63, 3.8) is 0 Å². The zero-order valence-corrected chi connectivity index (χ0v) is 30.3. The molecule has 0 radical (unpaired) electrons. The lowest BCUT2D eigenvalue weighted by molar-refractivity contribution is 0.435. The van der Waals surface area contributed by atoms with Crippen LogP contribution in [0.4, 0.5) is 0 Å². The van der Waals surface area contributed by atoms with E-state index in [9.17, 15) is 0 Å². The van der Waals surface area contributed by atoms with Crippen molar-refractivity contribution in [3.8, 4) is 34.0 Å². The van der Waals surface area contributed by atoms with E-state index in [2.05, 4.69) is 203 Å². The van der Waals surface area contributed by atoms with Crippen molar-refractivity contribution in [2.45, 2.75) is 5.41 Å². The van der Waals surface area contributed by atoms with Gasteiger partial charge < -0.3 is 13.9 Å². The molecular formula is C53H32N2O. The summed E-state index contributed by atoms with van der Waals surface area (Å²) in [5.41, 5.74) is 13.6. The molecule has 11 aromatic rings. The molecule has 1 spiro atoms. The average Bonchev–Trinajstić information content (AvgIpc) is 3.78. The number of benzene rings is 9. The van der Waals surface area contributed by atoms with Gasteiger partial charge in [-0.25, -0.2) is 0 Å². The highest BCUT2D eigenvalue weighted by Gasteiger charge is 2.50. The molecule has 260 valence electrons. The first kappa shape index (κ1) is 30.0. The SMILES string of the molecule is c1ccc2c(c1)Oc1c(-c3ccc4c(c3)c3ccccc3n4-c3ccc4ccccc4c3)cccc1C21c2ccccc2-n2c3ccccc3c3cccc1c32. The predicted molar refractivity (Wildman–Crippen MR) is 230 cm³/mol. The summed E-state index contributed by atoms with van der Waals surface area (Å²) < 4.78 is 12.0. The number of nitrogens with zero attached hydrogens (tertiary/aromatic N) is 2. The lowest BCUT2D eigenvalue weighted by Crippen LogP contribution is -2.37. The van der Waals surface area contributed by atoms with Gasteiger partial charge in [0.2, 0.25) is 0 Å². The minimum atomic E-state index is -0.614. The van der Waals surface area contributed by atoms with Gasteiger partial charge in [0.25, 0.3) is 0 Å². The molecule has 3 nitrogen and oxygen atoms in total. The molecule has 0 saturated carbocycles. The monoisotopic (exact) mass is 712 g/mol. The number of para-hydroxylation sites is 6. The van der Waals surface area contributed by atoms with E-state index in [1.807, 2.05) is 0 Å². The minimum Gasteiger partial charge on any atom is -0.456 e. The Morgan fingerprint density at radius 1 is 0.393 bits per heavy atom. The number of hydrogen-bond acceptors (Lipinski definition) is 1. The van der Waals surface area contributed by atoms with Crippen LogP contribution in [0.25, 0.3) is 76.9 Å². The largest absolute Gasteiger partial charge is 0.456 e. The van der Waals surface area contributed by atoms with Crippen molar-refractivity contribution in [2.24, 2.45) is 0 Å². The third-order valence-electron chi connectivity index (χ3n) is 12.5. The smallest absolute Gasteiger partial charge is 0.140 e. The third-order valence-corrected chi connectivity index (χ3v) is 12.5. The Balaban J connectivity index is 1.10. The Hall–Kier alpha value is -7.36. The van der Waals surface area contributed by atoms with Gasteiger partial charge in [-0.3, -0.25) is 0 Å². The van der Waals surface area contributed by atoms with Crippen LogP contribution in [0.3, 0.4) is 0 Å². The molecule has 4 heterocycles. The number of rotatable bonds is 2. The second kappa shape index (κ2) is 10.9. The summed E-state index contributed by atoms with van der Waals surface area (Å²) in [5, 5.41) is 7.45. The molecule has 9 aromatic carbocycles. The van der Waals surface area contributed by atoms with Gasteiger partial charge in [-0.15, -0.1) is 0 Å². The van der Waals surface area contributed by atoms with Crippen molar-refractivity contribution >= 4 is 54.4 Å².